The second-order valence-electron chi connectivity index (χ2n) is 5.48. The summed E-state index contributed by atoms with van der Waals surface area (Å²) in [5.74, 6) is 0. The highest BCUT2D eigenvalue weighted by Gasteiger charge is 2.18. The van der Waals surface area contributed by atoms with Crippen molar-refractivity contribution in [3.8, 4) is 0 Å². The third-order valence-corrected chi connectivity index (χ3v) is 6.40. The van der Waals surface area contributed by atoms with Crippen molar-refractivity contribution < 1.29 is 4.39 Å². The van der Waals surface area contributed by atoms with E-state index in [4.69, 9.17) is 0 Å². The minimum atomic E-state index is -1.40. The van der Waals surface area contributed by atoms with Crippen LogP contribution in [-0.4, -0.2) is 14.7 Å². The molecule has 0 aliphatic rings. The van der Waals surface area contributed by atoms with Crippen LogP contribution in [0.4, 0.5) is 4.39 Å². The van der Waals surface area contributed by atoms with Gasteiger partial charge in [0.05, 0.1) is 6.67 Å². The van der Waals surface area contributed by atoms with Gasteiger partial charge in [0.15, 0.2) is 0 Å². The molecule has 18 heavy (non-hydrogen) atoms. The molecule has 0 atom stereocenters. The molecule has 0 heterocycles. The number of benzene rings is 1. The van der Waals surface area contributed by atoms with Gasteiger partial charge in [0.25, 0.3) is 0 Å². The molecular formula is C16H25FSi. The lowest BCUT2D eigenvalue weighted by molar-refractivity contribution is 0.453. The fraction of sp³-hybridized carbons (Fsp3) is 0.500. The zero-order valence-electron chi connectivity index (χ0n) is 11.7. The smallest absolute Gasteiger partial charge is 0.103 e. The second-order valence-corrected chi connectivity index (χ2v) is 9.90. The summed E-state index contributed by atoms with van der Waals surface area (Å²) >= 11 is 0. The van der Waals surface area contributed by atoms with E-state index in [1.165, 1.54) is 17.2 Å². The Hall–Kier alpha value is -0.893. The van der Waals surface area contributed by atoms with Gasteiger partial charge >= 0.3 is 0 Å². The molecule has 0 spiro atoms. The first-order valence-corrected chi connectivity index (χ1v) is 9.97. The van der Waals surface area contributed by atoms with Crippen LogP contribution in [0.25, 0.3) is 0 Å². The molecule has 0 aliphatic carbocycles. The van der Waals surface area contributed by atoms with Crippen LogP contribution in [0.1, 0.15) is 31.2 Å². The molecule has 1 aromatic rings. The number of halogens is 1. The molecule has 0 N–H and O–H groups in total. The van der Waals surface area contributed by atoms with E-state index in [0.29, 0.717) is 0 Å². The molecule has 0 aliphatic heterocycles. The van der Waals surface area contributed by atoms with Crippen LogP contribution in [0.3, 0.4) is 0 Å². The highest BCUT2D eigenvalue weighted by atomic mass is 28.3. The SMILES string of the molecule is C=C[Si](C)(C)c1ccc(CCCCCCF)cc1. The summed E-state index contributed by atoms with van der Waals surface area (Å²) in [7, 11) is -1.40. The number of hydrogen-bond donors (Lipinski definition) is 0. The Bertz CT molecular complexity index is 354. The van der Waals surface area contributed by atoms with Crippen molar-refractivity contribution in [2.75, 3.05) is 6.67 Å². The lowest BCUT2D eigenvalue weighted by Gasteiger charge is -2.18. The maximum Gasteiger partial charge on any atom is 0.103 e. The van der Waals surface area contributed by atoms with Gasteiger partial charge in [-0.05, 0) is 24.8 Å². The molecule has 2 heteroatoms. The Morgan fingerprint density at radius 3 is 2.22 bits per heavy atom. The van der Waals surface area contributed by atoms with E-state index in [-0.39, 0.29) is 6.67 Å². The average molecular weight is 264 g/mol. The van der Waals surface area contributed by atoms with Crippen molar-refractivity contribution >= 4 is 13.3 Å². The van der Waals surface area contributed by atoms with Crippen LogP contribution in [0.15, 0.2) is 36.5 Å². The molecule has 0 saturated heterocycles. The zero-order valence-corrected chi connectivity index (χ0v) is 12.7. The number of rotatable bonds is 8. The molecule has 0 nitrogen and oxygen atoms in total. The quantitative estimate of drug-likeness (QED) is 0.482. The Labute approximate surface area is 112 Å². The van der Waals surface area contributed by atoms with E-state index in [0.717, 1.165) is 25.7 Å². The summed E-state index contributed by atoms with van der Waals surface area (Å²) in [6, 6.07) is 8.99. The predicted octanol–water partition coefficient (Wildman–Crippen LogP) is 4.40. The minimum Gasteiger partial charge on any atom is -0.251 e. The Kier molecular flexibility index (Phi) is 6.34. The van der Waals surface area contributed by atoms with Gasteiger partial charge in [-0.15, -0.1) is 6.58 Å². The third-order valence-electron chi connectivity index (χ3n) is 3.56. The Balaban J connectivity index is 2.43. The Morgan fingerprint density at radius 1 is 1.06 bits per heavy atom. The van der Waals surface area contributed by atoms with Crippen LogP contribution in [0.2, 0.25) is 13.1 Å². The fourth-order valence-electron chi connectivity index (χ4n) is 2.00. The first kappa shape index (κ1) is 15.2. The van der Waals surface area contributed by atoms with Crippen LogP contribution >= 0.6 is 0 Å². The van der Waals surface area contributed by atoms with E-state index >= 15 is 0 Å². The van der Waals surface area contributed by atoms with Crippen LogP contribution in [-0.2, 0) is 6.42 Å². The average Bonchev–Trinajstić information content (AvgIpc) is 2.39. The summed E-state index contributed by atoms with van der Waals surface area (Å²) in [4.78, 5) is 0. The van der Waals surface area contributed by atoms with E-state index in [1.54, 1.807) is 0 Å². The molecule has 0 amide bonds. The van der Waals surface area contributed by atoms with Crippen molar-refractivity contribution in [3.05, 3.63) is 42.1 Å². The molecule has 100 valence electrons. The van der Waals surface area contributed by atoms with E-state index in [1.807, 2.05) is 0 Å². The molecular weight excluding hydrogens is 239 g/mol. The zero-order chi connectivity index (χ0) is 13.4. The normalized spacial score (nSPS) is 11.5. The molecule has 0 fully saturated rings. The maximum atomic E-state index is 11.9. The van der Waals surface area contributed by atoms with E-state index < -0.39 is 8.07 Å². The summed E-state index contributed by atoms with van der Waals surface area (Å²) in [6.45, 7) is 8.39. The van der Waals surface area contributed by atoms with Gasteiger partial charge in [-0.2, -0.15) is 0 Å². The van der Waals surface area contributed by atoms with Crippen molar-refractivity contribution in [2.24, 2.45) is 0 Å². The molecule has 0 aromatic heterocycles. The first-order chi connectivity index (χ1) is 8.60. The second kappa shape index (κ2) is 7.52. The molecule has 0 unspecified atom stereocenters. The van der Waals surface area contributed by atoms with E-state index in [9.17, 15) is 4.39 Å². The van der Waals surface area contributed by atoms with Gasteiger partial charge in [-0.25, -0.2) is 0 Å². The van der Waals surface area contributed by atoms with Gasteiger partial charge in [-0.3, -0.25) is 4.39 Å². The van der Waals surface area contributed by atoms with Crippen molar-refractivity contribution in [1.82, 2.24) is 0 Å². The summed E-state index contributed by atoms with van der Waals surface area (Å²) < 4.78 is 11.9. The van der Waals surface area contributed by atoms with Crippen molar-refractivity contribution in [3.63, 3.8) is 0 Å². The number of alkyl halides is 1. The van der Waals surface area contributed by atoms with Crippen LogP contribution in [0.5, 0.6) is 0 Å². The minimum absolute atomic E-state index is 0.171. The lowest BCUT2D eigenvalue weighted by atomic mass is 10.1. The lowest BCUT2D eigenvalue weighted by Crippen LogP contribution is -2.39. The largest absolute Gasteiger partial charge is 0.251 e. The standard InChI is InChI=1S/C16H25FSi/c1-4-18(2,3)16-12-10-15(11-13-16)9-7-5-6-8-14-17/h4,10-13H,1,5-9,14H2,2-3H3. The molecule has 0 saturated carbocycles. The van der Waals surface area contributed by atoms with Crippen molar-refractivity contribution in [2.45, 2.75) is 45.2 Å². The van der Waals surface area contributed by atoms with E-state index in [2.05, 4.69) is 49.6 Å². The summed E-state index contributed by atoms with van der Waals surface area (Å²) in [5, 5.41) is 1.44. The maximum absolute atomic E-state index is 11.9. The first-order valence-electron chi connectivity index (χ1n) is 6.89. The topological polar surface area (TPSA) is 0 Å². The molecule has 0 bridgehead atoms. The molecule has 1 aromatic carbocycles. The number of hydrogen-bond acceptors (Lipinski definition) is 0. The van der Waals surface area contributed by atoms with Gasteiger partial charge in [0.2, 0.25) is 0 Å². The van der Waals surface area contributed by atoms with Gasteiger partial charge < -0.3 is 0 Å². The van der Waals surface area contributed by atoms with Gasteiger partial charge in [0.1, 0.15) is 8.07 Å². The summed E-state index contributed by atoms with van der Waals surface area (Å²) in [6.07, 6.45) is 5.16. The van der Waals surface area contributed by atoms with Crippen molar-refractivity contribution in [1.29, 1.82) is 0 Å². The van der Waals surface area contributed by atoms with Crippen LogP contribution < -0.4 is 5.19 Å². The Morgan fingerprint density at radius 2 is 1.67 bits per heavy atom. The number of aryl methyl sites for hydroxylation is 1. The van der Waals surface area contributed by atoms with Gasteiger partial charge in [-0.1, -0.05) is 61.1 Å². The predicted molar refractivity (Wildman–Crippen MR) is 81.9 cm³/mol. The highest BCUT2D eigenvalue weighted by molar-refractivity contribution is 6.93. The molecule has 1 rings (SSSR count). The van der Waals surface area contributed by atoms with Gasteiger partial charge in [0, 0.05) is 0 Å². The monoisotopic (exact) mass is 264 g/mol. The number of unbranched alkanes of at least 4 members (excludes halogenated alkanes) is 3. The highest BCUT2D eigenvalue weighted by Crippen LogP contribution is 2.10. The fourth-order valence-corrected chi connectivity index (χ4v) is 3.26. The molecule has 0 radical (unpaired) electrons. The third kappa shape index (κ3) is 4.77. The van der Waals surface area contributed by atoms with Crippen LogP contribution in [0, 0.1) is 0 Å². The summed E-state index contributed by atoms with van der Waals surface area (Å²) in [5.41, 5.74) is 3.52.